The highest BCUT2D eigenvalue weighted by Crippen LogP contribution is 2.26. The number of halogens is 1. The van der Waals surface area contributed by atoms with Crippen molar-refractivity contribution in [2.45, 2.75) is 18.0 Å². The number of rotatable bonds is 4. The highest BCUT2D eigenvalue weighted by atomic mass is 32.2. The summed E-state index contributed by atoms with van der Waals surface area (Å²) in [5.41, 5.74) is 6.96. The Morgan fingerprint density at radius 1 is 1.29 bits per heavy atom. The lowest BCUT2D eigenvalue weighted by atomic mass is 10.1. The lowest BCUT2D eigenvalue weighted by molar-refractivity contribution is 0.392. The van der Waals surface area contributed by atoms with Crippen molar-refractivity contribution in [1.82, 2.24) is 9.29 Å². The minimum atomic E-state index is -4.02. The Labute approximate surface area is 123 Å². The van der Waals surface area contributed by atoms with Crippen molar-refractivity contribution in [3.8, 4) is 0 Å². The van der Waals surface area contributed by atoms with E-state index in [1.165, 1.54) is 19.3 Å². The lowest BCUT2D eigenvalue weighted by Crippen LogP contribution is -2.31. The molecule has 0 aliphatic rings. The maximum Gasteiger partial charge on any atom is 0.263 e. The van der Waals surface area contributed by atoms with Crippen LogP contribution in [-0.4, -0.2) is 24.8 Å². The number of anilines is 1. The average molecular weight is 309 g/mol. The molecular weight excluding hydrogens is 293 g/mol. The summed E-state index contributed by atoms with van der Waals surface area (Å²) < 4.78 is 39.7. The number of nitrogens with zero attached hydrogens (tertiary/aromatic N) is 2. The standard InChI is InChI=1S/C14H16FN3O2S/c1-10(11-5-3-6-12(16)9-11)18(2)21(19,20)14-13(15)7-4-8-17-14/h3-10H,16H2,1-2H3. The van der Waals surface area contributed by atoms with Gasteiger partial charge in [0, 0.05) is 25.0 Å². The predicted molar refractivity (Wildman–Crippen MR) is 78.4 cm³/mol. The summed E-state index contributed by atoms with van der Waals surface area (Å²) in [5, 5.41) is -0.580. The van der Waals surface area contributed by atoms with E-state index in [1.54, 1.807) is 31.2 Å². The highest BCUT2D eigenvalue weighted by Gasteiger charge is 2.30. The van der Waals surface area contributed by atoms with E-state index < -0.39 is 26.9 Å². The quantitative estimate of drug-likeness (QED) is 0.878. The molecule has 1 aromatic carbocycles. The third kappa shape index (κ3) is 3.03. The average Bonchev–Trinajstić information content (AvgIpc) is 2.46. The second kappa shape index (κ2) is 5.79. The molecule has 112 valence electrons. The number of hydrogen-bond acceptors (Lipinski definition) is 4. The first-order valence-corrected chi connectivity index (χ1v) is 7.72. The molecule has 1 heterocycles. The van der Waals surface area contributed by atoms with Gasteiger partial charge in [0.05, 0.1) is 0 Å². The Morgan fingerprint density at radius 2 is 2.00 bits per heavy atom. The molecule has 0 aliphatic heterocycles. The number of nitrogen functional groups attached to an aromatic ring is 1. The van der Waals surface area contributed by atoms with Crippen LogP contribution in [0.2, 0.25) is 0 Å². The van der Waals surface area contributed by atoms with Crippen LogP contribution in [-0.2, 0) is 10.0 Å². The fourth-order valence-electron chi connectivity index (χ4n) is 1.93. The molecular formula is C14H16FN3O2S. The summed E-state index contributed by atoms with van der Waals surface area (Å²) in [6.45, 7) is 1.70. The van der Waals surface area contributed by atoms with E-state index in [-0.39, 0.29) is 0 Å². The van der Waals surface area contributed by atoms with Crippen molar-refractivity contribution in [1.29, 1.82) is 0 Å². The van der Waals surface area contributed by atoms with Gasteiger partial charge in [-0.05, 0) is 36.8 Å². The Hall–Kier alpha value is -1.99. The van der Waals surface area contributed by atoms with Crippen molar-refractivity contribution in [3.63, 3.8) is 0 Å². The number of pyridine rings is 1. The van der Waals surface area contributed by atoms with Gasteiger partial charge >= 0.3 is 0 Å². The highest BCUT2D eigenvalue weighted by molar-refractivity contribution is 7.89. The molecule has 21 heavy (non-hydrogen) atoms. The molecule has 0 saturated heterocycles. The van der Waals surface area contributed by atoms with Crippen LogP contribution in [0.5, 0.6) is 0 Å². The van der Waals surface area contributed by atoms with Gasteiger partial charge in [0.15, 0.2) is 5.82 Å². The monoisotopic (exact) mass is 309 g/mol. The van der Waals surface area contributed by atoms with Crippen molar-refractivity contribution < 1.29 is 12.8 Å². The minimum absolute atomic E-state index is 0.500. The van der Waals surface area contributed by atoms with Crippen LogP contribution in [0.3, 0.4) is 0 Å². The van der Waals surface area contributed by atoms with Crippen LogP contribution in [0.4, 0.5) is 10.1 Å². The topological polar surface area (TPSA) is 76.3 Å². The number of nitrogens with two attached hydrogens (primary N) is 1. The van der Waals surface area contributed by atoms with E-state index in [2.05, 4.69) is 4.98 Å². The number of aromatic nitrogens is 1. The molecule has 0 bridgehead atoms. The van der Waals surface area contributed by atoms with Crippen LogP contribution in [0.15, 0.2) is 47.6 Å². The van der Waals surface area contributed by atoms with E-state index in [9.17, 15) is 12.8 Å². The van der Waals surface area contributed by atoms with Gasteiger partial charge in [-0.25, -0.2) is 17.8 Å². The molecule has 0 saturated carbocycles. The first-order valence-electron chi connectivity index (χ1n) is 6.28. The van der Waals surface area contributed by atoms with Gasteiger partial charge in [-0.2, -0.15) is 4.31 Å². The van der Waals surface area contributed by atoms with Gasteiger partial charge in [0.2, 0.25) is 5.03 Å². The van der Waals surface area contributed by atoms with Crippen LogP contribution < -0.4 is 5.73 Å². The first-order chi connectivity index (χ1) is 9.84. The molecule has 5 nitrogen and oxygen atoms in total. The van der Waals surface area contributed by atoms with Crippen LogP contribution in [0.25, 0.3) is 0 Å². The zero-order chi connectivity index (χ0) is 15.6. The smallest absolute Gasteiger partial charge is 0.263 e. The Balaban J connectivity index is 2.39. The number of hydrogen-bond donors (Lipinski definition) is 1. The molecule has 7 heteroatoms. The fraction of sp³-hybridized carbons (Fsp3) is 0.214. The summed E-state index contributed by atoms with van der Waals surface area (Å²) in [5.74, 6) is -0.871. The summed E-state index contributed by atoms with van der Waals surface area (Å²) >= 11 is 0. The molecule has 1 atom stereocenters. The van der Waals surface area contributed by atoms with E-state index >= 15 is 0 Å². The summed E-state index contributed by atoms with van der Waals surface area (Å²) in [4.78, 5) is 3.64. The minimum Gasteiger partial charge on any atom is -0.399 e. The molecule has 2 aromatic rings. The summed E-state index contributed by atoms with van der Waals surface area (Å²) in [6, 6.07) is 8.81. The van der Waals surface area contributed by atoms with Crippen LogP contribution in [0, 0.1) is 5.82 Å². The Morgan fingerprint density at radius 3 is 2.62 bits per heavy atom. The zero-order valence-electron chi connectivity index (χ0n) is 11.7. The third-order valence-electron chi connectivity index (χ3n) is 3.29. The van der Waals surface area contributed by atoms with Gasteiger partial charge in [-0.15, -0.1) is 0 Å². The van der Waals surface area contributed by atoms with E-state index in [1.807, 2.05) is 0 Å². The van der Waals surface area contributed by atoms with Gasteiger partial charge in [-0.3, -0.25) is 0 Å². The molecule has 2 N–H and O–H groups in total. The van der Waals surface area contributed by atoms with Gasteiger partial charge < -0.3 is 5.73 Å². The maximum atomic E-state index is 13.7. The second-order valence-electron chi connectivity index (χ2n) is 4.66. The Kier molecular flexibility index (Phi) is 4.24. The zero-order valence-corrected chi connectivity index (χ0v) is 12.5. The Bertz CT molecular complexity index is 749. The molecule has 1 aromatic heterocycles. The van der Waals surface area contributed by atoms with Crippen molar-refractivity contribution in [2.75, 3.05) is 12.8 Å². The third-order valence-corrected chi connectivity index (χ3v) is 5.15. The van der Waals surface area contributed by atoms with Gasteiger partial charge in [0.25, 0.3) is 10.0 Å². The molecule has 0 radical (unpaired) electrons. The molecule has 1 unspecified atom stereocenters. The van der Waals surface area contributed by atoms with Crippen molar-refractivity contribution in [2.24, 2.45) is 0 Å². The van der Waals surface area contributed by atoms with E-state index in [0.29, 0.717) is 5.69 Å². The lowest BCUT2D eigenvalue weighted by Gasteiger charge is -2.24. The molecule has 0 fully saturated rings. The van der Waals surface area contributed by atoms with Crippen molar-refractivity contribution >= 4 is 15.7 Å². The SMILES string of the molecule is CC(c1cccc(N)c1)N(C)S(=O)(=O)c1ncccc1F. The normalized spacial score (nSPS) is 13.3. The number of sulfonamides is 1. The predicted octanol–water partition coefficient (Wildman–Crippen LogP) is 2.18. The van der Waals surface area contributed by atoms with Gasteiger partial charge in [0.1, 0.15) is 0 Å². The summed E-state index contributed by atoms with van der Waals surface area (Å²) in [6.07, 6.45) is 1.25. The molecule has 0 aliphatic carbocycles. The molecule has 0 spiro atoms. The first kappa shape index (κ1) is 15.4. The van der Waals surface area contributed by atoms with E-state index in [4.69, 9.17) is 5.73 Å². The molecule has 0 amide bonds. The van der Waals surface area contributed by atoms with Crippen LogP contribution in [0.1, 0.15) is 18.5 Å². The molecule has 2 rings (SSSR count). The second-order valence-corrected chi connectivity index (χ2v) is 6.57. The summed E-state index contributed by atoms with van der Waals surface area (Å²) in [7, 11) is -2.64. The largest absolute Gasteiger partial charge is 0.399 e. The van der Waals surface area contributed by atoms with Gasteiger partial charge in [-0.1, -0.05) is 12.1 Å². The fourth-order valence-corrected chi connectivity index (χ4v) is 3.25. The number of benzene rings is 1. The van der Waals surface area contributed by atoms with Crippen molar-refractivity contribution in [3.05, 3.63) is 54.0 Å². The maximum absolute atomic E-state index is 13.7. The van der Waals surface area contributed by atoms with E-state index in [0.717, 1.165) is 15.9 Å². The van der Waals surface area contributed by atoms with Crippen LogP contribution >= 0.6 is 0 Å².